The molecule has 1 aliphatic rings. The van der Waals surface area contributed by atoms with Crippen LogP contribution in [0.5, 0.6) is 0 Å². The number of nitrogens with zero attached hydrogens (tertiary/aromatic N) is 1. The molecule has 4 N–H and O–H groups in total. The Kier molecular flexibility index (Phi) is 4.63. The number of carbonyl (C=O) groups is 1. The third kappa shape index (κ3) is 3.37. The van der Waals surface area contributed by atoms with Crippen molar-refractivity contribution in [2.24, 2.45) is 5.92 Å². The number of thiazole rings is 1. The normalized spacial score (nSPS) is 23.7. The third-order valence-electron chi connectivity index (χ3n) is 3.75. The van der Waals surface area contributed by atoms with Gasteiger partial charge in [0, 0.05) is 13.1 Å². The molecule has 1 saturated carbocycles. The lowest BCUT2D eigenvalue weighted by molar-refractivity contribution is 0.0926. The number of rotatable bonds is 3. The summed E-state index contributed by atoms with van der Waals surface area (Å²) in [4.78, 5) is 16.9. The molecule has 0 aromatic carbocycles. The first-order valence-electron chi connectivity index (χ1n) is 6.86. The Labute approximate surface area is 118 Å². The van der Waals surface area contributed by atoms with Gasteiger partial charge in [0.15, 0.2) is 5.13 Å². The minimum Gasteiger partial charge on any atom is -0.382 e. The lowest BCUT2D eigenvalue weighted by Gasteiger charge is -2.22. The molecule has 1 fully saturated rings. The summed E-state index contributed by atoms with van der Waals surface area (Å²) >= 11 is 1.30. The Morgan fingerprint density at radius 3 is 2.79 bits per heavy atom. The second kappa shape index (κ2) is 6.23. The standard InChI is InChI=1S/C13H22N4OS/c1-8-6-4-3-5-7-9(8)16-12(18)10-11(14)17-13(15-2)19-10/h8-9H,3-7,14H2,1-2H3,(H,15,17)(H,16,18). The quantitative estimate of drug-likeness (QED) is 0.744. The van der Waals surface area contributed by atoms with Gasteiger partial charge in [-0.05, 0) is 18.8 Å². The van der Waals surface area contributed by atoms with Crippen molar-refractivity contribution in [1.82, 2.24) is 10.3 Å². The van der Waals surface area contributed by atoms with Gasteiger partial charge >= 0.3 is 0 Å². The highest BCUT2D eigenvalue weighted by Crippen LogP contribution is 2.27. The molecule has 2 rings (SSSR count). The zero-order chi connectivity index (χ0) is 13.8. The number of carbonyl (C=O) groups excluding carboxylic acids is 1. The Hall–Kier alpha value is -1.30. The van der Waals surface area contributed by atoms with Crippen molar-refractivity contribution in [2.75, 3.05) is 18.1 Å². The van der Waals surface area contributed by atoms with Gasteiger partial charge in [0.1, 0.15) is 10.7 Å². The molecular formula is C13H22N4OS. The average molecular weight is 282 g/mol. The molecule has 0 aliphatic heterocycles. The van der Waals surface area contributed by atoms with Crippen LogP contribution >= 0.6 is 11.3 Å². The summed E-state index contributed by atoms with van der Waals surface area (Å²) in [5.74, 6) is 0.757. The van der Waals surface area contributed by atoms with E-state index in [9.17, 15) is 4.79 Å². The van der Waals surface area contributed by atoms with E-state index < -0.39 is 0 Å². The first-order valence-corrected chi connectivity index (χ1v) is 7.68. The molecule has 0 saturated heterocycles. The Morgan fingerprint density at radius 2 is 2.11 bits per heavy atom. The summed E-state index contributed by atoms with van der Waals surface area (Å²) in [6.07, 6.45) is 5.97. The van der Waals surface area contributed by atoms with E-state index in [4.69, 9.17) is 5.73 Å². The lowest BCUT2D eigenvalue weighted by Crippen LogP contribution is -2.38. The summed E-state index contributed by atoms with van der Waals surface area (Å²) in [5.41, 5.74) is 5.79. The fourth-order valence-corrected chi connectivity index (χ4v) is 3.28. The molecule has 0 radical (unpaired) electrons. The molecule has 1 aromatic heterocycles. The van der Waals surface area contributed by atoms with Gasteiger partial charge in [0.2, 0.25) is 0 Å². The van der Waals surface area contributed by atoms with Crippen molar-refractivity contribution in [3.8, 4) is 0 Å². The molecule has 1 amide bonds. The highest BCUT2D eigenvalue weighted by Gasteiger charge is 2.24. The highest BCUT2D eigenvalue weighted by molar-refractivity contribution is 7.18. The second-order valence-electron chi connectivity index (χ2n) is 5.18. The van der Waals surface area contributed by atoms with Crippen molar-refractivity contribution in [3.05, 3.63) is 4.88 Å². The summed E-state index contributed by atoms with van der Waals surface area (Å²) < 4.78 is 0. The van der Waals surface area contributed by atoms with E-state index >= 15 is 0 Å². The van der Waals surface area contributed by atoms with E-state index in [1.807, 2.05) is 0 Å². The molecule has 6 heteroatoms. The van der Waals surface area contributed by atoms with Crippen LogP contribution in [0.2, 0.25) is 0 Å². The molecule has 2 atom stereocenters. The van der Waals surface area contributed by atoms with Gasteiger partial charge in [-0.2, -0.15) is 0 Å². The van der Waals surface area contributed by atoms with Crippen molar-refractivity contribution >= 4 is 28.2 Å². The molecule has 2 unspecified atom stereocenters. The van der Waals surface area contributed by atoms with E-state index in [0.29, 0.717) is 21.7 Å². The molecule has 106 valence electrons. The van der Waals surface area contributed by atoms with Gasteiger partial charge in [-0.1, -0.05) is 37.5 Å². The van der Waals surface area contributed by atoms with Crippen LogP contribution in [0.1, 0.15) is 48.7 Å². The van der Waals surface area contributed by atoms with Gasteiger partial charge in [0.05, 0.1) is 0 Å². The molecule has 1 aliphatic carbocycles. The topological polar surface area (TPSA) is 80.0 Å². The number of nitrogens with two attached hydrogens (primary N) is 1. The predicted molar refractivity (Wildman–Crippen MR) is 79.6 cm³/mol. The maximum absolute atomic E-state index is 12.3. The van der Waals surface area contributed by atoms with Crippen molar-refractivity contribution in [3.63, 3.8) is 0 Å². The SMILES string of the molecule is CNc1nc(N)c(C(=O)NC2CCCCCC2C)s1. The molecular weight excluding hydrogens is 260 g/mol. The number of nitrogen functional groups attached to an aromatic ring is 1. The van der Waals surface area contributed by atoms with Gasteiger partial charge < -0.3 is 16.4 Å². The summed E-state index contributed by atoms with van der Waals surface area (Å²) in [5, 5.41) is 6.72. The van der Waals surface area contributed by atoms with E-state index in [1.165, 1.54) is 37.0 Å². The number of aromatic nitrogens is 1. The largest absolute Gasteiger partial charge is 0.382 e. The van der Waals surface area contributed by atoms with E-state index in [-0.39, 0.29) is 11.9 Å². The van der Waals surface area contributed by atoms with Crippen LogP contribution in [0.4, 0.5) is 10.9 Å². The zero-order valence-corrected chi connectivity index (χ0v) is 12.3. The highest BCUT2D eigenvalue weighted by atomic mass is 32.1. The molecule has 0 spiro atoms. The van der Waals surface area contributed by atoms with E-state index in [2.05, 4.69) is 22.5 Å². The third-order valence-corrected chi connectivity index (χ3v) is 4.84. The molecule has 1 aromatic rings. The zero-order valence-electron chi connectivity index (χ0n) is 11.5. The Balaban J connectivity index is 2.04. The van der Waals surface area contributed by atoms with Gasteiger partial charge in [0.25, 0.3) is 5.91 Å². The predicted octanol–water partition coefficient (Wildman–Crippen LogP) is 2.47. The van der Waals surface area contributed by atoms with Crippen LogP contribution in [0, 0.1) is 5.92 Å². The molecule has 0 bridgehead atoms. The van der Waals surface area contributed by atoms with Gasteiger partial charge in [-0.3, -0.25) is 4.79 Å². The fraction of sp³-hybridized carbons (Fsp3) is 0.692. The number of amides is 1. The number of hydrogen-bond donors (Lipinski definition) is 3. The number of hydrogen-bond acceptors (Lipinski definition) is 5. The lowest BCUT2D eigenvalue weighted by atomic mass is 9.97. The Bertz CT molecular complexity index is 446. The number of nitrogens with one attached hydrogen (secondary N) is 2. The maximum atomic E-state index is 12.3. The minimum absolute atomic E-state index is 0.0877. The summed E-state index contributed by atoms with van der Waals surface area (Å²) in [6, 6.07) is 0.259. The summed E-state index contributed by atoms with van der Waals surface area (Å²) in [7, 11) is 1.77. The van der Waals surface area contributed by atoms with E-state index in [1.54, 1.807) is 7.05 Å². The number of anilines is 2. The van der Waals surface area contributed by atoms with Crippen LogP contribution in [0.15, 0.2) is 0 Å². The van der Waals surface area contributed by atoms with Crippen LogP contribution in [0.25, 0.3) is 0 Å². The van der Waals surface area contributed by atoms with Crippen molar-refractivity contribution in [1.29, 1.82) is 0 Å². The van der Waals surface area contributed by atoms with Crippen molar-refractivity contribution in [2.45, 2.75) is 45.1 Å². The second-order valence-corrected chi connectivity index (χ2v) is 6.18. The van der Waals surface area contributed by atoms with Gasteiger partial charge in [-0.25, -0.2) is 4.98 Å². The fourth-order valence-electron chi connectivity index (χ4n) is 2.54. The molecule has 19 heavy (non-hydrogen) atoms. The van der Waals surface area contributed by atoms with Crippen molar-refractivity contribution < 1.29 is 4.79 Å². The molecule has 5 nitrogen and oxygen atoms in total. The summed E-state index contributed by atoms with van der Waals surface area (Å²) in [6.45, 7) is 2.21. The smallest absolute Gasteiger partial charge is 0.265 e. The molecule has 1 heterocycles. The minimum atomic E-state index is -0.0877. The van der Waals surface area contributed by atoms with Crippen LogP contribution in [0.3, 0.4) is 0 Å². The van der Waals surface area contributed by atoms with Crippen LogP contribution in [-0.4, -0.2) is 24.0 Å². The monoisotopic (exact) mass is 282 g/mol. The first-order chi connectivity index (χ1) is 9.11. The average Bonchev–Trinajstić information content (AvgIpc) is 2.66. The van der Waals surface area contributed by atoms with E-state index in [0.717, 1.165) is 6.42 Å². The van der Waals surface area contributed by atoms with Crippen LogP contribution < -0.4 is 16.4 Å². The van der Waals surface area contributed by atoms with Gasteiger partial charge in [-0.15, -0.1) is 0 Å². The Morgan fingerprint density at radius 1 is 1.37 bits per heavy atom. The maximum Gasteiger partial charge on any atom is 0.265 e. The van der Waals surface area contributed by atoms with Crippen LogP contribution in [-0.2, 0) is 0 Å². The first kappa shape index (κ1) is 14.1.